The van der Waals surface area contributed by atoms with Crippen LogP contribution in [0.15, 0.2) is 18.2 Å². The summed E-state index contributed by atoms with van der Waals surface area (Å²) in [6.07, 6.45) is 3.78. The maximum Gasteiger partial charge on any atom is 0.335 e. The number of benzene rings is 1. The largest absolute Gasteiger partial charge is 0.493 e. The molecule has 0 aliphatic heterocycles. The lowest BCUT2D eigenvalue weighted by atomic mass is 10.1. The molecule has 1 aromatic rings. The van der Waals surface area contributed by atoms with E-state index in [1.165, 1.54) is 12.8 Å². The van der Waals surface area contributed by atoms with Gasteiger partial charge in [0.1, 0.15) is 5.75 Å². The van der Waals surface area contributed by atoms with E-state index in [4.69, 9.17) is 9.84 Å². The van der Waals surface area contributed by atoms with Crippen molar-refractivity contribution in [2.24, 2.45) is 5.92 Å². The molecule has 1 aromatic carbocycles. The Kier molecular flexibility index (Phi) is 3.13. The van der Waals surface area contributed by atoms with Crippen molar-refractivity contribution in [2.75, 3.05) is 6.61 Å². The first kappa shape index (κ1) is 11.0. The van der Waals surface area contributed by atoms with E-state index in [-0.39, 0.29) is 0 Å². The molecular weight excluding hydrogens is 204 g/mol. The van der Waals surface area contributed by atoms with Crippen LogP contribution in [0.3, 0.4) is 0 Å². The SMILES string of the molecule is Cc1cc(C(=O)O)ccc1OCCC1CC1. The molecule has 0 saturated heterocycles. The van der Waals surface area contributed by atoms with Crippen LogP contribution in [0.1, 0.15) is 35.2 Å². The van der Waals surface area contributed by atoms with Gasteiger partial charge in [-0.25, -0.2) is 4.79 Å². The average Bonchev–Trinajstić information content (AvgIpc) is 3.04. The molecule has 0 heterocycles. The highest BCUT2D eigenvalue weighted by molar-refractivity contribution is 5.88. The quantitative estimate of drug-likeness (QED) is 0.829. The van der Waals surface area contributed by atoms with Gasteiger partial charge in [-0.3, -0.25) is 0 Å². The van der Waals surface area contributed by atoms with E-state index < -0.39 is 5.97 Å². The first-order chi connectivity index (χ1) is 7.66. The first-order valence-electron chi connectivity index (χ1n) is 5.63. The zero-order chi connectivity index (χ0) is 11.5. The Hall–Kier alpha value is -1.51. The van der Waals surface area contributed by atoms with Crippen LogP contribution in [0.4, 0.5) is 0 Å². The lowest BCUT2D eigenvalue weighted by molar-refractivity contribution is 0.0696. The Morgan fingerprint density at radius 1 is 1.50 bits per heavy atom. The van der Waals surface area contributed by atoms with Gasteiger partial charge in [-0.2, -0.15) is 0 Å². The molecule has 0 spiro atoms. The highest BCUT2D eigenvalue weighted by Gasteiger charge is 2.20. The molecular formula is C13H16O3. The average molecular weight is 220 g/mol. The van der Waals surface area contributed by atoms with Gasteiger partial charge >= 0.3 is 5.97 Å². The van der Waals surface area contributed by atoms with Gasteiger partial charge in [0.15, 0.2) is 0 Å². The van der Waals surface area contributed by atoms with Crippen LogP contribution in [0, 0.1) is 12.8 Å². The fourth-order valence-corrected chi connectivity index (χ4v) is 1.69. The topological polar surface area (TPSA) is 46.5 Å². The van der Waals surface area contributed by atoms with E-state index in [0.717, 1.165) is 30.3 Å². The fraction of sp³-hybridized carbons (Fsp3) is 0.462. The van der Waals surface area contributed by atoms with Crippen molar-refractivity contribution in [2.45, 2.75) is 26.2 Å². The van der Waals surface area contributed by atoms with Crippen LogP contribution in [-0.4, -0.2) is 17.7 Å². The van der Waals surface area contributed by atoms with Gasteiger partial charge in [0, 0.05) is 0 Å². The summed E-state index contributed by atoms with van der Waals surface area (Å²) in [7, 11) is 0. The molecule has 1 aliphatic carbocycles. The maximum atomic E-state index is 10.7. The fourth-order valence-electron chi connectivity index (χ4n) is 1.69. The Labute approximate surface area is 95.0 Å². The highest BCUT2D eigenvalue weighted by Crippen LogP contribution is 2.32. The van der Waals surface area contributed by atoms with E-state index in [2.05, 4.69) is 0 Å². The molecule has 3 heteroatoms. The van der Waals surface area contributed by atoms with Gasteiger partial charge in [-0.15, -0.1) is 0 Å². The summed E-state index contributed by atoms with van der Waals surface area (Å²) in [5, 5.41) is 8.82. The summed E-state index contributed by atoms with van der Waals surface area (Å²) in [4.78, 5) is 10.7. The number of carboxylic acid groups (broad SMARTS) is 1. The van der Waals surface area contributed by atoms with Gasteiger partial charge in [0.2, 0.25) is 0 Å². The number of carboxylic acids is 1. The lowest BCUT2D eigenvalue weighted by Crippen LogP contribution is -2.02. The Balaban J connectivity index is 1.95. The van der Waals surface area contributed by atoms with Gasteiger partial charge in [-0.1, -0.05) is 12.8 Å². The third kappa shape index (κ3) is 2.75. The number of carbonyl (C=O) groups is 1. The minimum atomic E-state index is -0.896. The Bertz CT molecular complexity index is 394. The van der Waals surface area contributed by atoms with Crippen molar-refractivity contribution in [1.29, 1.82) is 0 Å². The molecule has 0 bridgehead atoms. The normalized spacial score (nSPS) is 14.8. The summed E-state index contributed by atoms with van der Waals surface area (Å²) in [5.74, 6) is 0.761. The molecule has 86 valence electrons. The number of aromatic carboxylic acids is 1. The molecule has 0 aromatic heterocycles. The molecule has 0 amide bonds. The number of ether oxygens (including phenoxy) is 1. The zero-order valence-electron chi connectivity index (χ0n) is 9.40. The monoisotopic (exact) mass is 220 g/mol. The van der Waals surface area contributed by atoms with E-state index >= 15 is 0 Å². The predicted molar refractivity (Wildman–Crippen MR) is 61.0 cm³/mol. The Morgan fingerprint density at radius 2 is 2.25 bits per heavy atom. The van der Waals surface area contributed by atoms with E-state index in [1.54, 1.807) is 18.2 Å². The summed E-state index contributed by atoms with van der Waals surface area (Å²) in [5.41, 5.74) is 1.20. The predicted octanol–water partition coefficient (Wildman–Crippen LogP) is 2.87. The maximum absolute atomic E-state index is 10.7. The van der Waals surface area contributed by atoms with Crippen molar-refractivity contribution < 1.29 is 14.6 Å². The molecule has 0 radical (unpaired) electrons. The van der Waals surface area contributed by atoms with Crippen molar-refractivity contribution in [3.63, 3.8) is 0 Å². The highest BCUT2D eigenvalue weighted by atomic mass is 16.5. The second kappa shape index (κ2) is 4.56. The van der Waals surface area contributed by atoms with E-state index in [0.29, 0.717) is 5.56 Å². The summed E-state index contributed by atoms with van der Waals surface area (Å²) in [6.45, 7) is 2.61. The molecule has 0 atom stereocenters. The zero-order valence-corrected chi connectivity index (χ0v) is 9.40. The molecule has 1 fully saturated rings. The second-order valence-electron chi connectivity index (χ2n) is 4.37. The Morgan fingerprint density at radius 3 is 2.81 bits per heavy atom. The molecule has 3 nitrogen and oxygen atoms in total. The number of hydrogen-bond acceptors (Lipinski definition) is 2. The van der Waals surface area contributed by atoms with Gasteiger partial charge in [0.25, 0.3) is 0 Å². The van der Waals surface area contributed by atoms with Crippen LogP contribution >= 0.6 is 0 Å². The molecule has 1 N–H and O–H groups in total. The molecule has 16 heavy (non-hydrogen) atoms. The van der Waals surface area contributed by atoms with Crippen LogP contribution in [0.2, 0.25) is 0 Å². The lowest BCUT2D eigenvalue weighted by Gasteiger charge is -2.09. The standard InChI is InChI=1S/C13H16O3/c1-9-8-11(13(14)15)4-5-12(9)16-7-6-10-2-3-10/h4-5,8,10H,2-3,6-7H2,1H3,(H,14,15). The van der Waals surface area contributed by atoms with Crippen LogP contribution in [0.5, 0.6) is 5.75 Å². The van der Waals surface area contributed by atoms with Crippen molar-refractivity contribution in [3.8, 4) is 5.75 Å². The van der Waals surface area contributed by atoms with Crippen LogP contribution in [0.25, 0.3) is 0 Å². The van der Waals surface area contributed by atoms with Gasteiger partial charge in [0.05, 0.1) is 12.2 Å². The first-order valence-corrected chi connectivity index (χ1v) is 5.63. The molecule has 1 saturated carbocycles. The van der Waals surface area contributed by atoms with Crippen LogP contribution < -0.4 is 4.74 Å². The summed E-state index contributed by atoms with van der Waals surface area (Å²) < 4.78 is 5.63. The van der Waals surface area contributed by atoms with Gasteiger partial charge in [-0.05, 0) is 43.0 Å². The summed E-state index contributed by atoms with van der Waals surface area (Å²) >= 11 is 0. The molecule has 2 rings (SSSR count). The smallest absolute Gasteiger partial charge is 0.335 e. The third-order valence-corrected chi connectivity index (χ3v) is 2.90. The van der Waals surface area contributed by atoms with E-state index in [9.17, 15) is 4.79 Å². The number of aryl methyl sites for hydroxylation is 1. The van der Waals surface area contributed by atoms with E-state index in [1.807, 2.05) is 6.92 Å². The van der Waals surface area contributed by atoms with Crippen molar-refractivity contribution in [3.05, 3.63) is 29.3 Å². The van der Waals surface area contributed by atoms with Gasteiger partial charge < -0.3 is 9.84 Å². The summed E-state index contributed by atoms with van der Waals surface area (Å²) in [6, 6.07) is 4.97. The number of rotatable bonds is 5. The second-order valence-corrected chi connectivity index (χ2v) is 4.37. The minimum Gasteiger partial charge on any atom is -0.493 e. The van der Waals surface area contributed by atoms with Crippen molar-refractivity contribution in [1.82, 2.24) is 0 Å². The minimum absolute atomic E-state index is 0.312. The number of hydrogen-bond donors (Lipinski definition) is 1. The third-order valence-electron chi connectivity index (χ3n) is 2.90. The van der Waals surface area contributed by atoms with Crippen LogP contribution in [-0.2, 0) is 0 Å². The molecule has 1 aliphatic rings. The van der Waals surface area contributed by atoms with Crippen molar-refractivity contribution >= 4 is 5.97 Å². The molecule has 0 unspecified atom stereocenters.